The fourth-order valence-corrected chi connectivity index (χ4v) is 3.62. The number of rotatable bonds is 7. The van der Waals surface area contributed by atoms with E-state index in [1.54, 1.807) is 0 Å². The summed E-state index contributed by atoms with van der Waals surface area (Å²) in [5.74, 6) is -1.22. The Morgan fingerprint density at radius 1 is 0.967 bits per heavy atom. The van der Waals surface area contributed by atoms with E-state index < -0.39 is 11.8 Å². The zero-order valence-corrected chi connectivity index (χ0v) is 17.7. The molecule has 0 aliphatic carbocycles. The number of hydrogen-bond donors (Lipinski definition) is 3. The molecule has 0 bridgehead atoms. The molecule has 2 aromatic carbocycles. The van der Waals surface area contributed by atoms with Gasteiger partial charge in [-0.25, -0.2) is 0 Å². The van der Waals surface area contributed by atoms with Crippen molar-refractivity contribution >= 4 is 17.5 Å². The molecule has 0 saturated carbocycles. The van der Waals surface area contributed by atoms with E-state index in [-0.39, 0.29) is 6.04 Å². The summed E-state index contributed by atoms with van der Waals surface area (Å²) in [6.07, 6.45) is 0. The van der Waals surface area contributed by atoms with Crippen LogP contribution >= 0.6 is 0 Å². The van der Waals surface area contributed by atoms with E-state index in [9.17, 15) is 9.59 Å². The van der Waals surface area contributed by atoms with Gasteiger partial charge in [-0.3, -0.25) is 9.59 Å². The largest absolute Gasteiger partial charge is 0.378 e. The number of hydrogen-bond acceptors (Lipinski definition) is 4. The van der Waals surface area contributed by atoms with Crippen molar-refractivity contribution in [2.45, 2.75) is 12.6 Å². The minimum atomic E-state index is -0.613. The van der Waals surface area contributed by atoms with Crippen LogP contribution in [0.2, 0.25) is 0 Å². The smallest absolute Gasteiger partial charge is 0.309 e. The van der Waals surface area contributed by atoms with Gasteiger partial charge in [-0.2, -0.15) is 0 Å². The maximum absolute atomic E-state index is 12.4. The van der Waals surface area contributed by atoms with E-state index in [4.69, 9.17) is 4.74 Å². The first-order valence-corrected chi connectivity index (χ1v) is 10.3. The molecule has 7 heteroatoms. The van der Waals surface area contributed by atoms with Gasteiger partial charge < -0.3 is 25.2 Å². The molecule has 1 aliphatic heterocycles. The van der Waals surface area contributed by atoms with Crippen LogP contribution in [0.5, 0.6) is 0 Å². The van der Waals surface area contributed by atoms with Crippen LogP contribution in [0.3, 0.4) is 0 Å². The van der Waals surface area contributed by atoms with Crippen molar-refractivity contribution in [3.05, 3.63) is 65.7 Å². The number of morpholine rings is 1. The third-order valence-corrected chi connectivity index (χ3v) is 5.41. The average Bonchev–Trinajstić information content (AvgIpc) is 2.79. The summed E-state index contributed by atoms with van der Waals surface area (Å²) < 4.78 is 5.50. The molecule has 1 saturated heterocycles. The Morgan fingerprint density at radius 2 is 1.60 bits per heavy atom. The summed E-state index contributed by atoms with van der Waals surface area (Å²) in [6.45, 7) is 3.87. The molecule has 0 radical (unpaired) electrons. The van der Waals surface area contributed by atoms with Gasteiger partial charge in [0.05, 0.1) is 19.8 Å². The number of carbonyl (C=O) groups is 2. The van der Waals surface area contributed by atoms with Crippen molar-refractivity contribution < 1.29 is 19.2 Å². The molecular weight excluding hydrogens is 380 g/mol. The number of nitrogens with one attached hydrogen (secondary N) is 3. The molecule has 0 unspecified atom stereocenters. The van der Waals surface area contributed by atoms with Crippen LogP contribution in [0.25, 0.3) is 0 Å². The lowest BCUT2D eigenvalue weighted by Crippen LogP contribution is -3.15. The molecule has 3 N–H and O–H groups in total. The summed E-state index contributed by atoms with van der Waals surface area (Å²) >= 11 is 0. The summed E-state index contributed by atoms with van der Waals surface area (Å²) in [7, 11) is 4.02. The third kappa shape index (κ3) is 6.05. The Balaban J connectivity index is 1.61. The van der Waals surface area contributed by atoms with Crippen molar-refractivity contribution in [1.29, 1.82) is 0 Å². The predicted molar refractivity (Wildman–Crippen MR) is 116 cm³/mol. The number of benzene rings is 2. The molecule has 3 rings (SSSR count). The minimum absolute atomic E-state index is 0.0657. The van der Waals surface area contributed by atoms with Gasteiger partial charge in [0, 0.05) is 31.9 Å². The van der Waals surface area contributed by atoms with Crippen molar-refractivity contribution in [1.82, 2.24) is 10.6 Å². The lowest BCUT2D eigenvalue weighted by molar-refractivity contribution is -0.937. The SMILES string of the molecule is CN(C)c1ccc([C@H](CNC(=O)C(=O)NCc2ccccc2)[NH+]2CCOCC2)cc1. The number of anilines is 1. The van der Waals surface area contributed by atoms with Crippen LogP contribution in [0.1, 0.15) is 17.2 Å². The van der Waals surface area contributed by atoms with E-state index in [0.29, 0.717) is 26.3 Å². The van der Waals surface area contributed by atoms with Crippen LogP contribution in [0.15, 0.2) is 54.6 Å². The molecule has 30 heavy (non-hydrogen) atoms. The summed E-state index contributed by atoms with van der Waals surface area (Å²) in [6, 6.07) is 18.0. The summed E-state index contributed by atoms with van der Waals surface area (Å²) in [5.41, 5.74) is 3.22. The van der Waals surface area contributed by atoms with Gasteiger partial charge in [0.15, 0.2) is 0 Å². The number of amides is 2. The van der Waals surface area contributed by atoms with Gasteiger partial charge in [0.1, 0.15) is 19.1 Å². The van der Waals surface area contributed by atoms with Gasteiger partial charge in [-0.1, -0.05) is 42.5 Å². The first-order chi connectivity index (χ1) is 14.5. The summed E-state index contributed by atoms with van der Waals surface area (Å²) in [4.78, 5) is 28.0. The Morgan fingerprint density at radius 3 is 2.23 bits per heavy atom. The highest BCUT2D eigenvalue weighted by Crippen LogP contribution is 2.16. The predicted octanol–water partition coefficient (Wildman–Crippen LogP) is 0.141. The van der Waals surface area contributed by atoms with Crippen LogP contribution in [-0.4, -0.2) is 58.8 Å². The van der Waals surface area contributed by atoms with E-state index in [0.717, 1.165) is 29.9 Å². The Labute approximate surface area is 178 Å². The lowest BCUT2D eigenvalue weighted by Gasteiger charge is -2.32. The number of quaternary nitrogens is 1. The van der Waals surface area contributed by atoms with Crippen LogP contribution < -0.4 is 20.4 Å². The molecular formula is C23H31N4O3+. The molecule has 1 aliphatic rings. The quantitative estimate of drug-likeness (QED) is 0.567. The van der Waals surface area contributed by atoms with Gasteiger partial charge in [-0.15, -0.1) is 0 Å². The van der Waals surface area contributed by atoms with Gasteiger partial charge in [-0.05, 0) is 17.7 Å². The van der Waals surface area contributed by atoms with E-state index >= 15 is 0 Å². The van der Waals surface area contributed by atoms with Gasteiger partial charge in [0.2, 0.25) is 0 Å². The Hall–Kier alpha value is -2.90. The van der Waals surface area contributed by atoms with Crippen LogP contribution in [0.4, 0.5) is 5.69 Å². The lowest BCUT2D eigenvalue weighted by atomic mass is 10.0. The fourth-order valence-electron chi connectivity index (χ4n) is 3.62. The normalized spacial score (nSPS) is 15.3. The minimum Gasteiger partial charge on any atom is -0.378 e. The van der Waals surface area contributed by atoms with Crippen molar-refractivity contribution in [2.24, 2.45) is 0 Å². The zero-order chi connectivity index (χ0) is 21.3. The Bertz CT molecular complexity index is 818. The maximum atomic E-state index is 12.4. The number of nitrogens with zero attached hydrogens (tertiary/aromatic N) is 1. The van der Waals surface area contributed by atoms with Crippen LogP contribution in [-0.2, 0) is 20.9 Å². The summed E-state index contributed by atoms with van der Waals surface area (Å²) in [5, 5.41) is 5.51. The topological polar surface area (TPSA) is 75.1 Å². The Kier molecular flexibility index (Phi) is 7.82. The standard InChI is InChI=1S/C23H30N4O3/c1-26(2)20-10-8-19(9-11-20)21(27-12-14-30-15-13-27)17-25-23(29)22(28)24-16-18-6-4-3-5-7-18/h3-11,21H,12-17H2,1-2H3,(H,24,28)(H,25,29)/p+1/t21-/m0/s1. The monoisotopic (exact) mass is 411 g/mol. The third-order valence-electron chi connectivity index (χ3n) is 5.41. The molecule has 1 atom stereocenters. The van der Waals surface area contributed by atoms with E-state index in [1.165, 1.54) is 4.90 Å². The average molecular weight is 412 g/mol. The van der Waals surface area contributed by atoms with Crippen molar-refractivity contribution in [3.63, 3.8) is 0 Å². The first kappa shape index (κ1) is 21.8. The molecule has 2 amide bonds. The molecule has 7 nitrogen and oxygen atoms in total. The number of ether oxygens (including phenoxy) is 1. The molecule has 0 aromatic heterocycles. The second kappa shape index (κ2) is 10.8. The highest BCUT2D eigenvalue weighted by molar-refractivity contribution is 6.35. The van der Waals surface area contributed by atoms with Gasteiger partial charge >= 0.3 is 11.8 Å². The molecule has 1 fully saturated rings. The highest BCUT2D eigenvalue weighted by Gasteiger charge is 2.27. The van der Waals surface area contributed by atoms with Crippen LogP contribution in [0, 0.1) is 0 Å². The highest BCUT2D eigenvalue weighted by atomic mass is 16.5. The van der Waals surface area contributed by atoms with E-state index in [2.05, 4.69) is 39.8 Å². The molecule has 1 heterocycles. The van der Waals surface area contributed by atoms with Crippen molar-refractivity contribution in [3.8, 4) is 0 Å². The van der Waals surface area contributed by atoms with Gasteiger partial charge in [0.25, 0.3) is 0 Å². The zero-order valence-electron chi connectivity index (χ0n) is 17.7. The fraction of sp³-hybridized carbons (Fsp3) is 0.391. The molecule has 2 aromatic rings. The maximum Gasteiger partial charge on any atom is 0.309 e. The van der Waals surface area contributed by atoms with E-state index in [1.807, 2.05) is 44.4 Å². The second-order valence-corrected chi connectivity index (χ2v) is 7.69. The molecule has 0 spiro atoms. The number of carbonyl (C=O) groups excluding carboxylic acids is 2. The molecule has 160 valence electrons. The van der Waals surface area contributed by atoms with Crippen molar-refractivity contribution in [2.75, 3.05) is 51.8 Å². The first-order valence-electron chi connectivity index (χ1n) is 10.3. The second-order valence-electron chi connectivity index (χ2n) is 7.69.